The van der Waals surface area contributed by atoms with Crippen molar-refractivity contribution in [2.24, 2.45) is 22.9 Å². The summed E-state index contributed by atoms with van der Waals surface area (Å²) in [6, 6.07) is 10.2. The zero-order valence-corrected chi connectivity index (χ0v) is 33.8. The van der Waals surface area contributed by atoms with E-state index in [0.717, 1.165) is 43.1 Å². The Morgan fingerprint density at radius 3 is 2.41 bits per heavy atom. The molecule has 306 valence electrons. The molecule has 3 aliphatic rings. The minimum Gasteiger partial charge on any atom is -0.496 e. The molecule has 1 heterocycles. The van der Waals surface area contributed by atoms with Crippen LogP contribution >= 0.6 is 0 Å². The second-order valence-electron chi connectivity index (χ2n) is 15.8. The number of aldehydes is 1. The van der Waals surface area contributed by atoms with E-state index in [1.165, 1.54) is 14.2 Å². The summed E-state index contributed by atoms with van der Waals surface area (Å²) in [7, 11) is 2.89. The summed E-state index contributed by atoms with van der Waals surface area (Å²) in [4.78, 5) is 33.5. The number of ether oxygens (including phenoxy) is 5. The summed E-state index contributed by atoms with van der Waals surface area (Å²) >= 11 is 0. The third-order valence-corrected chi connectivity index (χ3v) is 10.9. The number of amides is 1. The van der Waals surface area contributed by atoms with Gasteiger partial charge >= 0.3 is 6.09 Å². The van der Waals surface area contributed by atoms with Crippen LogP contribution in [0.15, 0.2) is 65.9 Å². The van der Waals surface area contributed by atoms with E-state index in [-0.39, 0.29) is 44.0 Å². The van der Waals surface area contributed by atoms with Gasteiger partial charge in [-0.05, 0) is 107 Å². The van der Waals surface area contributed by atoms with E-state index in [1.807, 2.05) is 45.9 Å². The summed E-state index contributed by atoms with van der Waals surface area (Å²) in [5, 5.41) is 24.6. The zero-order valence-electron chi connectivity index (χ0n) is 33.8. The molecule has 1 fully saturated rings. The molecule has 0 saturated heterocycles. The van der Waals surface area contributed by atoms with Gasteiger partial charge in [0.05, 0.1) is 38.0 Å². The van der Waals surface area contributed by atoms with Crippen LogP contribution < -0.4 is 14.2 Å². The molecule has 2 aromatic carbocycles. The standard InChI is InChI=1S/C44H60N2O10/c1-8-20-46(42(50)52-7)39-27-36(45-56-43(3,4)5)34-25-29(14-10-12-21-47)33(15-11-13-22-48)40-35-26-32(54-31-16-18-37(51-6)30(24-31)28-49)17-19-38(35)55-44(39,41(34)40)53-23-9-2/h9,16-19,24-26,28-29,33,39-41,47-48H,2,8,10-15,20-23,27H2,1,3-7H3/t29-,33+,39-,40+,41+,44+/m0/s1. The summed E-state index contributed by atoms with van der Waals surface area (Å²) in [6.07, 6.45) is 9.73. The summed E-state index contributed by atoms with van der Waals surface area (Å²) in [5.74, 6) is 0.114. The SMILES string of the molecule is C=CCO[C@@]12Oc3ccc(Oc4ccc(OC)c(C=O)c4)cc3[C@H]3[C@H](CCCCO)[C@@H](CCCCO)C=C(C(=NOC(C)(C)C)C[C@@H]1N(CCC)C(=O)OC)[C@H]32. The first-order valence-corrected chi connectivity index (χ1v) is 19.9. The maximum absolute atomic E-state index is 13.7. The smallest absolute Gasteiger partial charge is 0.409 e. The largest absolute Gasteiger partial charge is 0.496 e. The molecule has 0 aromatic heterocycles. The molecule has 0 bridgehead atoms. The van der Waals surface area contributed by atoms with Crippen LogP contribution in [0.4, 0.5) is 4.79 Å². The number of carbonyl (C=O) groups is 2. The molecule has 5 rings (SSSR count). The normalized spacial score (nSPS) is 24.5. The fourth-order valence-corrected chi connectivity index (χ4v) is 8.64. The van der Waals surface area contributed by atoms with Crippen LogP contribution in [-0.2, 0) is 14.3 Å². The van der Waals surface area contributed by atoms with E-state index in [1.54, 1.807) is 29.2 Å². The van der Waals surface area contributed by atoms with E-state index in [2.05, 4.69) is 12.7 Å². The second-order valence-corrected chi connectivity index (χ2v) is 15.8. The lowest BCUT2D eigenvalue weighted by molar-refractivity contribution is -0.255. The van der Waals surface area contributed by atoms with Gasteiger partial charge in [0.25, 0.3) is 0 Å². The van der Waals surface area contributed by atoms with Crippen LogP contribution in [0.1, 0.15) is 101 Å². The number of benzene rings is 2. The zero-order chi connectivity index (χ0) is 40.5. The molecular weight excluding hydrogens is 716 g/mol. The molecule has 12 nitrogen and oxygen atoms in total. The molecule has 0 spiro atoms. The number of hydrogen-bond donors (Lipinski definition) is 2. The van der Waals surface area contributed by atoms with Gasteiger partial charge in [0.1, 0.15) is 34.6 Å². The van der Waals surface area contributed by atoms with Gasteiger partial charge in [-0.15, -0.1) is 6.58 Å². The van der Waals surface area contributed by atoms with Crippen LogP contribution in [0, 0.1) is 17.8 Å². The van der Waals surface area contributed by atoms with Crippen LogP contribution in [0.25, 0.3) is 0 Å². The lowest BCUT2D eigenvalue weighted by atomic mass is 9.55. The average Bonchev–Trinajstić information content (AvgIpc) is 3.19. The third kappa shape index (κ3) is 9.24. The van der Waals surface area contributed by atoms with Gasteiger partial charge in [0, 0.05) is 37.7 Å². The van der Waals surface area contributed by atoms with Crippen molar-refractivity contribution in [3.8, 4) is 23.0 Å². The van der Waals surface area contributed by atoms with Crippen molar-refractivity contribution in [2.75, 3.05) is 40.6 Å². The maximum Gasteiger partial charge on any atom is 0.409 e. The predicted molar refractivity (Wildman–Crippen MR) is 214 cm³/mol. The molecule has 12 heteroatoms. The van der Waals surface area contributed by atoms with Gasteiger partial charge in [0.2, 0.25) is 5.79 Å². The molecule has 1 saturated carbocycles. The molecule has 0 unspecified atom stereocenters. The highest BCUT2D eigenvalue weighted by atomic mass is 16.7. The number of fused-ring (bicyclic) bond motifs is 2. The fourth-order valence-electron chi connectivity index (χ4n) is 8.64. The number of hydrogen-bond acceptors (Lipinski definition) is 11. The summed E-state index contributed by atoms with van der Waals surface area (Å²) in [6.45, 7) is 12.6. The van der Waals surface area contributed by atoms with Gasteiger partial charge in [-0.3, -0.25) is 9.69 Å². The van der Waals surface area contributed by atoms with Crippen LogP contribution in [-0.4, -0.2) is 91.2 Å². The molecular formula is C44H60N2O10. The first kappa shape index (κ1) is 42.7. The summed E-state index contributed by atoms with van der Waals surface area (Å²) < 4.78 is 31.3. The number of nitrogens with zero attached hydrogens (tertiary/aromatic N) is 2. The van der Waals surface area contributed by atoms with E-state index >= 15 is 0 Å². The van der Waals surface area contributed by atoms with Gasteiger partial charge in [-0.25, -0.2) is 4.79 Å². The Hall–Kier alpha value is -4.39. The minimum absolute atomic E-state index is 0.0440. The first-order valence-electron chi connectivity index (χ1n) is 19.9. The van der Waals surface area contributed by atoms with Crippen LogP contribution in [0.3, 0.4) is 0 Å². The van der Waals surface area contributed by atoms with Crippen molar-refractivity contribution in [1.82, 2.24) is 4.90 Å². The van der Waals surface area contributed by atoms with Crippen molar-refractivity contribution < 1.29 is 48.3 Å². The second kappa shape index (κ2) is 19.2. The lowest BCUT2D eigenvalue weighted by Gasteiger charge is -2.59. The number of aliphatic hydroxyl groups excluding tert-OH is 2. The highest BCUT2D eigenvalue weighted by Crippen LogP contribution is 2.62. The van der Waals surface area contributed by atoms with Crippen molar-refractivity contribution in [2.45, 2.75) is 102 Å². The quantitative estimate of drug-likeness (QED) is 0.0620. The Labute approximate surface area is 331 Å². The van der Waals surface area contributed by atoms with Crippen LogP contribution in [0.5, 0.6) is 23.0 Å². The maximum atomic E-state index is 13.7. The Balaban J connectivity index is 1.79. The van der Waals surface area contributed by atoms with E-state index in [4.69, 9.17) is 33.7 Å². The predicted octanol–water partition coefficient (Wildman–Crippen LogP) is 8.21. The Bertz CT molecular complexity index is 1730. The molecule has 1 aliphatic heterocycles. The van der Waals surface area contributed by atoms with Gasteiger partial charge in [-0.1, -0.05) is 37.1 Å². The third-order valence-electron chi connectivity index (χ3n) is 10.9. The monoisotopic (exact) mass is 776 g/mol. The number of unbranched alkanes of at least 4 members (excludes halogenated alkanes) is 2. The molecule has 6 atom stereocenters. The molecule has 1 amide bonds. The highest BCUT2D eigenvalue weighted by molar-refractivity contribution is 6.03. The Kier molecular flexibility index (Phi) is 14.6. The number of rotatable bonds is 19. The lowest BCUT2D eigenvalue weighted by Crippen LogP contribution is -2.70. The van der Waals surface area contributed by atoms with E-state index in [9.17, 15) is 19.8 Å². The van der Waals surface area contributed by atoms with E-state index in [0.29, 0.717) is 60.1 Å². The van der Waals surface area contributed by atoms with E-state index < -0.39 is 29.4 Å². The molecule has 2 aromatic rings. The minimum atomic E-state index is -1.38. The number of allylic oxidation sites excluding steroid dienone is 1. The van der Waals surface area contributed by atoms with Gasteiger partial charge in [0.15, 0.2) is 6.29 Å². The van der Waals surface area contributed by atoms with Crippen molar-refractivity contribution >= 4 is 18.1 Å². The Morgan fingerprint density at radius 2 is 1.77 bits per heavy atom. The topological polar surface area (TPSA) is 146 Å². The number of methoxy groups -OCH3 is 2. The highest BCUT2D eigenvalue weighted by Gasteiger charge is 2.65. The van der Waals surface area contributed by atoms with Crippen molar-refractivity contribution in [3.05, 3.63) is 71.8 Å². The summed E-state index contributed by atoms with van der Waals surface area (Å²) in [5.41, 5.74) is 2.35. The number of aliphatic hydroxyl groups is 2. The average molecular weight is 777 g/mol. The van der Waals surface area contributed by atoms with Crippen molar-refractivity contribution in [3.63, 3.8) is 0 Å². The first-order chi connectivity index (χ1) is 27.0. The molecule has 0 radical (unpaired) electrons. The number of carbonyl (C=O) groups excluding carboxylic acids is 2. The fraction of sp³-hybridized carbons (Fsp3) is 0.568. The number of oxime groups is 1. The molecule has 2 aliphatic carbocycles. The Morgan fingerprint density at radius 1 is 1.05 bits per heavy atom. The van der Waals surface area contributed by atoms with Gasteiger partial charge in [-0.2, -0.15) is 0 Å². The molecule has 56 heavy (non-hydrogen) atoms. The van der Waals surface area contributed by atoms with Crippen LogP contribution in [0.2, 0.25) is 0 Å². The van der Waals surface area contributed by atoms with Crippen molar-refractivity contribution in [1.29, 1.82) is 0 Å². The van der Waals surface area contributed by atoms with Gasteiger partial charge < -0.3 is 38.7 Å². The molecule has 2 N–H and O–H groups in total.